The van der Waals surface area contributed by atoms with Gasteiger partial charge in [0.25, 0.3) is 0 Å². The Labute approximate surface area is 119 Å². The van der Waals surface area contributed by atoms with Gasteiger partial charge >= 0.3 is 5.97 Å². The number of carbonyl (C=O) groups excluding carboxylic acids is 1. The van der Waals surface area contributed by atoms with Crippen molar-refractivity contribution in [3.8, 4) is 0 Å². The lowest BCUT2D eigenvalue weighted by molar-refractivity contribution is -0.136. The molecule has 0 unspecified atom stereocenters. The van der Waals surface area contributed by atoms with E-state index in [1.807, 2.05) is 0 Å². The Morgan fingerprint density at radius 1 is 1.30 bits per heavy atom. The van der Waals surface area contributed by atoms with Gasteiger partial charge in [-0.2, -0.15) is 0 Å². The number of carbonyl (C=O) groups is 1. The standard InChI is InChI=1S/C17H20O3/c1-8(2)13-12-7-11(15(18)19-3)14(13)17-10-5-4-9(6-10)16(12,17)20-17/h7,9-10,12,14H,4-6H2,1-3H3/t9-,10-,12+,14-,16-,17+/m1/s1. The SMILES string of the molecule is COC(=O)C1=C[C@H]2C(=C(C)C)[C@@H]1[C@]13O[C@]21[C@@H]1CC[C@@H]3C1. The van der Waals surface area contributed by atoms with Gasteiger partial charge in [-0.25, -0.2) is 4.79 Å². The van der Waals surface area contributed by atoms with Crippen LogP contribution in [0.3, 0.4) is 0 Å². The van der Waals surface area contributed by atoms with Crippen molar-refractivity contribution in [2.24, 2.45) is 23.7 Å². The van der Waals surface area contributed by atoms with Crippen LogP contribution in [0.5, 0.6) is 0 Å². The molecule has 5 aliphatic rings. The average Bonchev–Trinajstić information content (AvgIpc) is 2.81. The smallest absolute Gasteiger partial charge is 0.334 e. The first-order valence-electron chi connectivity index (χ1n) is 7.75. The first kappa shape index (κ1) is 11.6. The molecule has 0 aromatic heterocycles. The quantitative estimate of drug-likeness (QED) is 0.418. The van der Waals surface area contributed by atoms with Crippen molar-refractivity contribution in [2.75, 3.05) is 7.11 Å². The molecule has 0 aromatic carbocycles. The van der Waals surface area contributed by atoms with E-state index in [1.54, 1.807) is 0 Å². The second-order valence-electron chi connectivity index (χ2n) is 7.37. The molecular formula is C17H20O3. The van der Waals surface area contributed by atoms with Crippen LogP contribution in [0, 0.1) is 23.7 Å². The number of rotatable bonds is 1. The fraction of sp³-hybridized carbons (Fsp3) is 0.706. The minimum absolute atomic E-state index is 0.0362. The highest BCUT2D eigenvalue weighted by atomic mass is 16.6. The number of hydrogen-bond donors (Lipinski definition) is 0. The van der Waals surface area contributed by atoms with Crippen LogP contribution in [0.4, 0.5) is 0 Å². The van der Waals surface area contributed by atoms with E-state index in [0.717, 1.165) is 5.57 Å². The van der Waals surface area contributed by atoms with Crippen LogP contribution in [0.1, 0.15) is 33.1 Å². The van der Waals surface area contributed by atoms with Crippen molar-refractivity contribution in [1.82, 2.24) is 0 Å². The molecular weight excluding hydrogens is 252 g/mol. The van der Waals surface area contributed by atoms with E-state index in [4.69, 9.17) is 9.47 Å². The Hall–Kier alpha value is -1.09. The third kappa shape index (κ3) is 0.851. The van der Waals surface area contributed by atoms with E-state index in [9.17, 15) is 4.79 Å². The van der Waals surface area contributed by atoms with Crippen molar-refractivity contribution < 1.29 is 14.3 Å². The van der Waals surface area contributed by atoms with Crippen molar-refractivity contribution in [3.63, 3.8) is 0 Å². The van der Waals surface area contributed by atoms with Crippen LogP contribution in [-0.4, -0.2) is 24.3 Å². The maximum Gasteiger partial charge on any atom is 0.334 e. The highest BCUT2D eigenvalue weighted by molar-refractivity contribution is 5.93. The lowest BCUT2D eigenvalue weighted by atomic mass is 9.71. The molecule has 4 aliphatic carbocycles. The molecule has 1 aliphatic heterocycles. The van der Waals surface area contributed by atoms with Crippen molar-refractivity contribution in [3.05, 3.63) is 22.8 Å². The van der Waals surface area contributed by atoms with Gasteiger partial charge in [0.2, 0.25) is 0 Å². The summed E-state index contributed by atoms with van der Waals surface area (Å²) in [5.74, 6) is 1.73. The zero-order valence-electron chi connectivity index (χ0n) is 12.2. The molecule has 6 atom stereocenters. The predicted octanol–water partition coefficient (Wildman–Crippen LogP) is 2.62. The van der Waals surface area contributed by atoms with Gasteiger partial charge in [0.15, 0.2) is 0 Å². The summed E-state index contributed by atoms with van der Waals surface area (Å²) in [5.41, 5.74) is 3.73. The van der Waals surface area contributed by atoms with E-state index < -0.39 is 0 Å². The molecule has 1 saturated heterocycles. The van der Waals surface area contributed by atoms with Gasteiger partial charge in [0.05, 0.1) is 7.11 Å². The maximum atomic E-state index is 12.2. The molecule has 0 spiro atoms. The molecule has 106 valence electrons. The fourth-order valence-corrected chi connectivity index (χ4v) is 6.33. The molecule has 5 rings (SSSR count). The first-order valence-corrected chi connectivity index (χ1v) is 7.75. The number of fused-ring (bicyclic) bond motifs is 4. The number of epoxide rings is 1. The average molecular weight is 272 g/mol. The summed E-state index contributed by atoms with van der Waals surface area (Å²) < 4.78 is 11.5. The van der Waals surface area contributed by atoms with Crippen LogP contribution in [0.25, 0.3) is 0 Å². The van der Waals surface area contributed by atoms with Gasteiger partial charge in [-0.15, -0.1) is 0 Å². The highest BCUT2D eigenvalue weighted by Crippen LogP contribution is 2.85. The van der Waals surface area contributed by atoms with Gasteiger partial charge in [-0.1, -0.05) is 17.2 Å². The zero-order valence-corrected chi connectivity index (χ0v) is 12.2. The van der Waals surface area contributed by atoms with E-state index in [0.29, 0.717) is 17.8 Å². The molecule has 20 heavy (non-hydrogen) atoms. The molecule has 0 radical (unpaired) electrons. The third-order valence-electron chi connectivity index (χ3n) is 6.75. The summed E-state index contributed by atoms with van der Waals surface area (Å²) in [6, 6.07) is 0. The normalized spacial score (nSPS) is 52.8. The number of hydrogen-bond acceptors (Lipinski definition) is 3. The van der Waals surface area contributed by atoms with Gasteiger partial charge in [0.1, 0.15) is 11.2 Å². The zero-order chi connectivity index (χ0) is 13.9. The van der Waals surface area contributed by atoms with Gasteiger partial charge in [-0.3, -0.25) is 0 Å². The predicted molar refractivity (Wildman–Crippen MR) is 72.8 cm³/mol. The molecule has 3 nitrogen and oxygen atoms in total. The molecule has 0 N–H and O–H groups in total. The van der Waals surface area contributed by atoms with E-state index in [2.05, 4.69) is 19.9 Å². The Morgan fingerprint density at radius 2 is 2.00 bits per heavy atom. The lowest BCUT2D eigenvalue weighted by Crippen LogP contribution is -2.38. The Kier molecular flexibility index (Phi) is 1.77. The molecule has 0 aromatic rings. The Bertz CT molecular complexity index is 612. The Morgan fingerprint density at radius 3 is 2.65 bits per heavy atom. The summed E-state index contributed by atoms with van der Waals surface area (Å²) in [6.45, 7) is 4.36. The van der Waals surface area contributed by atoms with E-state index in [1.165, 1.54) is 37.5 Å². The van der Waals surface area contributed by atoms with Crippen LogP contribution in [0.2, 0.25) is 0 Å². The summed E-state index contributed by atoms with van der Waals surface area (Å²) in [5, 5.41) is 0. The maximum absolute atomic E-state index is 12.2. The minimum atomic E-state index is -0.155. The summed E-state index contributed by atoms with van der Waals surface area (Å²) in [7, 11) is 1.48. The number of allylic oxidation sites excluding steroid dienone is 1. The van der Waals surface area contributed by atoms with E-state index >= 15 is 0 Å². The molecule has 0 amide bonds. The van der Waals surface area contributed by atoms with Crippen molar-refractivity contribution >= 4 is 5.97 Å². The summed E-state index contributed by atoms with van der Waals surface area (Å²) in [4.78, 5) is 12.2. The van der Waals surface area contributed by atoms with Crippen molar-refractivity contribution in [1.29, 1.82) is 0 Å². The van der Waals surface area contributed by atoms with Crippen LogP contribution in [0.15, 0.2) is 22.8 Å². The topological polar surface area (TPSA) is 38.8 Å². The molecule has 3 saturated carbocycles. The van der Waals surface area contributed by atoms with Gasteiger partial charge in [0, 0.05) is 17.4 Å². The van der Waals surface area contributed by atoms with Gasteiger partial charge < -0.3 is 9.47 Å². The second kappa shape index (κ2) is 3.06. The number of methoxy groups -OCH3 is 1. The summed E-state index contributed by atoms with van der Waals surface area (Å²) >= 11 is 0. The molecule has 1 heterocycles. The molecule has 4 fully saturated rings. The first-order chi connectivity index (χ1) is 9.58. The van der Waals surface area contributed by atoms with Crippen LogP contribution < -0.4 is 0 Å². The highest BCUT2D eigenvalue weighted by Gasteiger charge is 2.92. The van der Waals surface area contributed by atoms with Crippen LogP contribution in [-0.2, 0) is 14.3 Å². The lowest BCUT2D eigenvalue weighted by Gasteiger charge is -2.27. The summed E-state index contributed by atoms with van der Waals surface area (Å²) in [6.07, 6.45) is 6.07. The third-order valence-corrected chi connectivity index (χ3v) is 6.75. The minimum Gasteiger partial charge on any atom is -0.466 e. The van der Waals surface area contributed by atoms with Crippen LogP contribution >= 0.6 is 0 Å². The van der Waals surface area contributed by atoms with Gasteiger partial charge in [-0.05, 0) is 44.9 Å². The molecule has 3 heteroatoms. The largest absolute Gasteiger partial charge is 0.466 e. The number of ether oxygens (including phenoxy) is 2. The fourth-order valence-electron chi connectivity index (χ4n) is 6.33. The molecule has 4 bridgehead atoms. The number of esters is 1. The second-order valence-corrected chi connectivity index (χ2v) is 7.37. The Balaban J connectivity index is 1.72. The van der Waals surface area contributed by atoms with Crippen molar-refractivity contribution in [2.45, 2.75) is 44.3 Å². The monoisotopic (exact) mass is 272 g/mol. The van der Waals surface area contributed by atoms with E-state index in [-0.39, 0.29) is 23.1 Å².